The number of aromatic amines is 1. The van der Waals surface area contributed by atoms with Gasteiger partial charge in [-0.1, -0.05) is 34.7 Å². The summed E-state index contributed by atoms with van der Waals surface area (Å²) in [5.41, 5.74) is 1.35. The summed E-state index contributed by atoms with van der Waals surface area (Å²) in [6.45, 7) is 1.46. The van der Waals surface area contributed by atoms with Gasteiger partial charge >= 0.3 is 10.8 Å². The lowest BCUT2D eigenvalue weighted by atomic mass is 9.82. The topological polar surface area (TPSA) is 135 Å². The molecule has 10 nitrogen and oxygen atoms in total. The average molecular weight is 668 g/mol. The van der Waals surface area contributed by atoms with E-state index in [0.29, 0.717) is 26.2 Å². The Morgan fingerprint density at radius 3 is 2.47 bits per heavy atom. The molecular formula is C31H23ClFN3O7S2. The van der Waals surface area contributed by atoms with Crippen molar-refractivity contribution in [3.05, 3.63) is 103 Å². The summed E-state index contributed by atoms with van der Waals surface area (Å²) < 4.78 is 24.2. The number of H-pyrrole nitrogens is 1. The molecule has 1 saturated heterocycles. The Labute approximate surface area is 268 Å². The van der Waals surface area contributed by atoms with Crippen LogP contribution in [0.15, 0.2) is 76.6 Å². The van der Waals surface area contributed by atoms with Crippen LogP contribution in [0.4, 0.5) is 15.8 Å². The fraction of sp³-hybridized carbons (Fsp3) is 0.194. The first-order valence-electron chi connectivity index (χ1n) is 13.7. The van der Waals surface area contributed by atoms with Crippen molar-refractivity contribution in [3.63, 3.8) is 0 Å². The van der Waals surface area contributed by atoms with Gasteiger partial charge < -0.3 is 19.8 Å². The van der Waals surface area contributed by atoms with Crippen molar-refractivity contribution in [3.8, 4) is 5.75 Å². The van der Waals surface area contributed by atoms with Gasteiger partial charge in [0.25, 0.3) is 5.91 Å². The maximum absolute atomic E-state index is 14.1. The van der Waals surface area contributed by atoms with Gasteiger partial charge in [0.05, 0.1) is 28.8 Å². The number of nitrogens with one attached hydrogen (secondary N) is 2. The fourth-order valence-electron chi connectivity index (χ4n) is 5.34. The van der Waals surface area contributed by atoms with E-state index < -0.39 is 53.2 Å². The predicted octanol–water partition coefficient (Wildman–Crippen LogP) is 5.22. The number of hydrogen-bond acceptors (Lipinski definition) is 9. The van der Waals surface area contributed by atoms with Gasteiger partial charge in [0.15, 0.2) is 6.61 Å². The number of ether oxygens (including phenoxy) is 2. The number of thiazole rings is 1. The molecule has 2 aliphatic rings. The molecule has 14 heteroatoms. The maximum atomic E-state index is 14.1. The zero-order valence-electron chi connectivity index (χ0n) is 23.4. The molecule has 0 radical (unpaired) electrons. The van der Waals surface area contributed by atoms with Crippen molar-refractivity contribution in [1.82, 2.24) is 4.98 Å². The van der Waals surface area contributed by atoms with E-state index in [4.69, 9.17) is 21.1 Å². The maximum Gasteiger partial charge on any atom is 0.338 e. The first-order chi connectivity index (χ1) is 21.6. The van der Waals surface area contributed by atoms with Crippen molar-refractivity contribution in [2.75, 3.05) is 23.4 Å². The summed E-state index contributed by atoms with van der Waals surface area (Å²) in [6, 6.07) is 15.9. The fourth-order valence-corrected chi connectivity index (χ4v) is 8.02. The van der Waals surface area contributed by atoms with Crippen LogP contribution in [0, 0.1) is 11.7 Å². The standard InChI is InChI=1S/C31H23ClFN3O7S2/c1-2-42-30(40)15-3-10-19(11-4-15)36-28(38)24-23(25-27(35-31(41)45-25)44-26(24)29(36)39)20-13-16(32)5-12-21(20)43-14-22(37)34-18-8-6-17(33)7-9-18/h3-13,23-24,26H,2,14H2,1H3,(H,34,37)(H,35,41). The summed E-state index contributed by atoms with van der Waals surface area (Å²) in [6.07, 6.45) is 0. The second-order valence-electron chi connectivity index (χ2n) is 10.1. The molecule has 0 bridgehead atoms. The van der Waals surface area contributed by atoms with E-state index in [2.05, 4.69) is 10.3 Å². The molecule has 230 valence electrons. The van der Waals surface area contributed by atoms with Gasteiger partial charge in [0, 0.05) is 27.1 Å². The molecule has 3 aromatic carbocycles. The Bertz CT molecular complexity index is 1880. The van der Waals surface area contributed by atoms with Crippen molar-refractivity contribution in [2.45, 2.75) is 23.1 Å². The third kappa shape index (κ3) is 5.98. The molecule has 2 N–H and O–H groups in total. The van der Waals surface area contributed by atoms with E-state index in [0.717, 1.165) is 28.0 Å². The minimum absolute atomic E-state index is 0.200. The van der Waals surface area contributed by atoms with Crippen LogP contribution in [0.3, 0.4) is 0 Å². The number of nitrogens with zero attached hydrogens (tertiary/aromatic N) is 1. The normalized spacial score (nSPS) is 18.7. The molecule has 3 atom stereocenters. The number of rotatable bonds is 8. The van der Waals surface area contributed by atoms with Crippen LogP contribution < -0.4 is 19.8 Å². The second kappa shape index (κ2) is 12.5. The molecule has 45 heavy (non-hydrogen) atoms. The van der Waals surface area contributed by atoms with Crippen molar-refractivity contribution >= 4 is 69.8 Å². The Kier molecular flexibility index (Phi) is 8.49. The number of carbonyl (C=O) groups is 4. The van der Waals surface area contributed by atoms with Gasteiger partial charge in [-0.05, 0) is 73.7 Å². The van der Waals surface area contributed by atoms with E-state index in [-0.39, 0.29) is 28.5 Å². The van der Waals surface area contributed by atoms with Gasteiger partial charge in [0.2, 0.25) is 11.8 Å². The SMILES string of the molecule is CCOC(=O)c1ccc(N2C(=O)C3Sc4[nH]c(=O)sc4C(c4cc(Cl)ccc4OCC(=O)Nc4ccc(F)cc4)C3C2=O)cc1. The summed E-state index contributed by atoms with van der Waals surface area (Å²) >= 11 is 8.44. The minimum atomic E-state index is -0.944. The van der Waals surface area contributed by atoms with E-state index >= 15 is 0 Å². The van der Waals surface area contributed by atoms with Gasteiger partial charge in [-0.15, -0.1) is 0 Å². The number of imide groups is 1. The number of anilines is 2. The highest BCUT2D eigenvalue weighted by atomic mass is 35.5. The number of esters is 1. The molecule has 2 aliphatic heterocycles. The number of halogens is 2. The Balaban J connectivity index is 1.33. The third-order valence-electron chi connectivity index (χ3n) is 7.25. The van der Waals surface area contributed by atoms with E-state index in [9.17, 15) is 28.4 Å². The van der Waals surface area contributed by atoms with Crippen molar-refractivity contribution in [2.24, 2.45) is 5.92 Å². The van der Waals surface area contributed by atoms with Crippen molar-refractivity contribution in [1.29, 1.82) is 0 Å². The van der Waals surface area contributed by atoms with Gasteiger partial charge in [-0.3, -0.25) is 19.2 Å². The monoisotopic (exact) mass is 667 g/mol. The van der Waals surface area contributed by atoms with Gasteiger partial charge in [-0.25, -0.2) is 14.1 Å². The molecule has 0 spiro atoms. The molecular weight excluding hydrogens is 645 g/mol. The first-order valence-corrected chi connectivity index (χ1v) is 15.7. The zero-order valence-corrected chi connectivity index (χ0v) is 25.8. The summed E-state index contributed by atoms with van der Waals surface area (Å²) in [5.74, 6) is -4.00. The summed E-state index contributed by atoms with van der Waals surface area (Å²) in [4.78, 5) is 69.2. The average Bonchev–Trinajstić information content (AvgIpc) is 3.51. The number of thioether (sulfide) groups is 1. The first kappa shape index (κ1) is 30.6. The highest BCUT2D eigenvalue weighted by Gasteiger charge is 2.57. The molecule has 3 heterocycles. The van der Waals surface area contributed by atoms with Crippen LogP contribution in [0.5, 0.6) is 5.75 Å². The van der Waals surface area contributed by atoms with Crippen LogP contribution >= 0.6 is 34.7 Å². The number of aromatic nitrogens is 1. The summed E-state index contributed by atoms with van der Waals surface area (Å²) in [5, 5.41) is 2.50. The van der Waals surface area contributed by atoms with E-state index in [1.807, 2.05) is 0 Å². The molecule has 3 unspecified atom stereocenters. The third-order valence-corrected chi connectivity index (χ3v) is 9.89. The Hall–Kier alpha value is -4.46. The second-order valence-corrected chi connectivity index (χ2v) is 12.7. The van der Waals surface area contributed by atoms with Crippen LogP contribution in [0.1, 0.15) is 33.6 Å². The lowest BCUT2D eigenvalue weighted by Gasteiger charge is -2.31. The highest BCUT2D eigenvalue weighted by Crippen LogP contribution is 2.54. The smallest absolute Gasteiger partial charge is 0.338 e. The number of amides is 3. The lowest BCUT2D eigenvalue weighted by Crippen LogP contribution is -2.32. The zero-order chi connectivity index (χ0) is 31.8. The van der Waals surface area contributed by atoms with Crippen LogP contribution in [0.2, 0.25) is 5.02 Å². The number of benzene rings is 3. The minimum Gasteiger partial charge on any atom is -0.483 e. The Morgan fingerprint density at radius 2 is 1.76 bits per heavy atom. The molecule has 6 rings (SSSR count). The molecule has 0 saturated carbocycles. The van der Waals surface area contributed by atoms with Crippen LogP contribution in [-0.2, 0) is 19.1 Å². The van der Waals surface area contributed by atoms with E-state index in [1.54, 1.807) is 25.1 Å². The largest absolute Gasteiger partial charge is 0.483 e. The molecule has 4 aromatic rings. The van der Waals surface area contributed by atoms with Crippen LogP contribution in [0.25, 0.3) is 0 Å². The number of carbonyl (C=O) groups excluding carboxylic acids is 4. The highest BCUT2D eigenvalue weighted by molar-refractivity contribution is 8.00. The summed E-state index contributed by atoms with van der Waals surface area (Å²) in [7, 11) is 0. The quantitative estimate of drug-likeness (QED) is 0.193. The number of fused-ring (bicyclic) bond motifs is 2. The van der Waals surface area contributed by atoms with Gasteiger partial charge in [0.1, 0.15) is 16.8 Å². The predicted molar refractivity (Wildman–Crippen MR) is 167 cm³/mol. The molecule has 0 aliphatic carbocycles. The molecule has 3 amide bonds. The van der Waals surface area contributed by atoms with E-state index in [1.165, 1.54) is 48.5 Å². The number of hydrogen-bond donors (Lipinski definition) is 2. The molecule has 1 aromatic heterocycles. The molecule has 1 fully saturated rings. The lowest BCUT2D eigenvalue weighted by molar-refractivity contribution is -0.122. The Morgan fingerprint density at radius 1 is 1.02 bits per heavy atom. The van der Waals surface area contributed by atoms with Gasteiger partial charge in [-0.2, -0.15) is 0 Å². The van der Waals surface area contributed by atoms with Crippen molar-refractivity contribution < 1.29 is 33.0 Å². The van der Waals surface area contributed by atoms with Crippen LogP contribution in [-0.4, -0.2) is 47.1 Å².